The van der Waals surface area contributed by atoms with Crippen LogP contribution in [0.25, 0.3) is 0 Å². The summed E-state index contributed by atoms with van der Waals surface area (Å²) in [5.41, 5.74) is 2.81. The highest BCUT2D eigenvalue weighted by Gasteiger charge is 2.14. The van der Waals surface area contributed by atoms with E-state index in [9.17, 15) is 4.79 Å². The molecule has 0 saturated carbocycles. The number of carbonyl (C=O) groups excluding carboxylic acids is 1. The van der Waals surface area contributed by atoms with E-state index in [0.29, 0.717) is 17.9 Å². The SMILES string of the molecule is CN(C)CCCNC(=O)c1ccnc(Nc2ccc(N3CCN(C)CC3)cc2)c1. The zero-order chi connectivity index (χ0) is 20.6. The second-order valence-electron chi connectivity index (χ2n) is 7.80. The summed E-state index contributed by atoms with van der Waals surface area (Å²) >= 11 is 0. The Morgan fingerprint density at radius 1 is 1.10 bits per heavy atom. The molecule has 1 amide bonds. The Hall–Kier alpha value is -2.64. The van der Waals surface area contributed by atoms with Crippen molar-refractivity contribution in [1.29, 1.82) is 0 Å². The summed E-state index contributed by atoms with van der Waals surface area (Å²) in [4.78, 5) is 23.6. The van der Waals surface area contributed by atoms with E-state index in [1.165, 1.54) is 5.69 Å². The topological polar surface area (TPSA) is 63.7 Å². The first-order chi connectivity index (χ1) is 14.0. The van der Waals surface area contributed by atoms with Gasteiger partial charge in [0.25, 0.3) is 5.91 Å². The van der Waals surface area contributed by atoms with Gasteiger partial charge in [0.05, 0.1) is 0 Å². The maximum atomic E-state index is 12.3. The Morgan fingerprint density at radius 2 is 1.83 bits per heavy atom. The van der Waals surface area contributed by atoms with Crippen LogP contribution >= 0.6 is 0 Å². The number of hydrogen-bond donors (Lipinski definition) is 2. The fraction of sp³-hybridized carbons (Fsp3) is 0.455. The van der Waals surface area contributed by atoms with Gasteiger partial charge in [-0.15, -0.1) is 0 Å². The number of pyridine rings is 1. The fourth-order valence-electron chi connectivity index (χ4n) is 3.31. The molecule has 2 aromatic rings. The molecule has 7 heteroatoms. The summed E-state index contributed by atoms with van der Waals surface area (Å²) in [6.07, 6.45) is 2.59. The van der Waals surface area contributed by atoms with E-state index in [1.807, 2.05) is 14.1 Å². The first kappa shape index (κ1) is 21.1. The van der Waals surface area contributed by atoms with Crippen molar-refractivity contribution in [3.8, 4) is 0 Å². The predicted octanol–water partition coefficient (Wildman–Crippen LogP) is 2.26. The Kier molecular flexibility index (Phi) is 7.43. The first-order valence-electron chi connectivity index (χ1n) is 10.2. The lowest BCUT2D eigenvalue weighted by Crippen LogP contribution is -2.44. The number of aromatic nitrogens is 1. The summed E-state index contributed by atoms with van der Waals surface area (Å²) in [6, 6.07) is 11.9. The Balaban J connectivity index is 1.55. The van der Waals surface area contributed by atoms with Crippen molar-refractivity contribution in [3.05, 3.63) is 48.2 Å². The van der Waals surface area contributed by atoms with E-state index in [0.717, 1.165) is 44.8 Å². The maximum Gasteiger partial charge on any atom is 0.251 e. The lowest BCUT2D eigenvalue weighted by molar-refractivity contribution is 0.0952. The number of benzene rings is 1. The van der Waals surface area contributed by atoms with Gasteiger partial charge in [0.2, 0.25) is 0 Å². The van der Waals surface area contributed by atoms with Crippen LogP contribution in [0.1, 0.15) is 16.8 Å². The zero-order valence-corrected chi connectivity index (χ0v) is 17.7. The van der Waals surface area contributed by atoms with Crippen LogP contribution in [-0.4, -0.2) is 81.1 Å². The van der Waals surface area contributed by atoms with Crippen molar-refractivity contribution in [3.63, 3.8) is 0 Å². The van der Waals surface area contributed by atoms with Gasteiger partial charge in [-0.3, -0.25) is 4.79 Å². The van der Waals surface area contributed by atoms with Gasteiger partial charge in [-0.05, 0) is 70.5 Å². The summed E-state index contributed by atoms with van der Waals surface area (Å²) in [6.45, 7) is 5.90. The highest BCUT2D eigenvalue weighted by Crippen LogP contribution is 2.21. The number of likely N-dealkylation sites (N-methyl/N-ethyl adjacent to an activating group) is 1. The first-order valence-corrected chi connectivity index (χ1v) is 10.2. The van der Waals surface area contributed by atoms with Gasteiger partial charge in [0, 0.05) is 55.9 Å². The Bertz CT molecular complexity index is 784. The van der Waals surface area contributed by atoms with Crippen LogP contribution in [0.3, 0.4) is 0 Å². The van der Waals surface area contributed by atoms with E-state index in [4.69, 9.17) is 0 Å². The van der Waals surface area contributed by atoms with Gasteiger partial charge in [-0.1, -0.05) is 0 Å². The molecule has 3 rings (SSSR count). The van der Waals surface area contributed by atoms with Crippen molar-refractivity contribution in [1.82, 2.24) is 20.1 Å². The van der Waals surface area contributed by atoms with Gasteiger partial charge in [-0.2, -0.15) is 0 Å². The van der Waals surface area contributed by atoms with Gasteiger partial charge in [0.1, 0.15) is 5.82 Å². The monoisotopic (exact) mass is 396 g/mol. The van der Waals surface area contributed by atoms with Crippen molar-refractivity contribution in [2.45, 2.75) is 6.42 Å². The molecule has 2 heterocycles. The third-order valence-electron chi connectivity index (χ3n) is 5.10. The predicted molar refractivity (Wildman–Crippen MR) is 119 cm³/mol. The molecule has 0 bridgehead atoms. The average Bonchev–Trinajstić information content (AvgIpc) is 2.72. The molecule has 0 unspecified atom stereocenters. The fourth-order valence-corrected chi connectivity index (χ4v) is 3.31. The number of nitrogens with one attached hydrogen (secondary N) is 2. The number of piperazine rings is 1. The van der Waals surface area contributed by atoms with Gasteiger partial charge >= 0.3 is 0 Å². The van der Waals surface area contributed by atoms with E-state index in [-0.39, 0.29) is 5.91 Å². The van der Waals surface area contributed by atoms with Gasteiger partial charge < -0.3 is 25.3 Å². The highest BCUT2D eigenvalue weighted by molar-refractivity contribution is 5.94. The number of carbonyl (C=O) groups is 1. The summed E-state index contributed by atoms with van der Waals surface area (Å²) in [5.74, 6) is 0.595. The lowest BCUT2D eigenvalue weighted by Gasteiger charge is -2.34. The van der Waals surface area contributed by atoms with E-state index >= 15 is 0 Å². The van der Waals surface area contributed by atoms with Crippen LogP contribution in [0.4, 0.5) is 17.2 Å². The minimum atomic E-state index is -0.0698. The van der Waals surface area contributed by atoms with Gasteiger partial charge in [-0.25, -0.2) is 4.98 Å². The van der Waals surface area contributed by atoms with Crippen LogP contribution in [0.15, 0.2) is 42.6 Å². The molecule has 0 aliphatic carbocycles. The molecule has 0 atom stereocenters. The van der Waals surface area contributed by atoms with Crippen LogP contribution in [0, 0.1) is 0 Å². The quantitative estimate of drug-likeness (QED) is 0.668. The molecular formula is C22H32N6O. The van der Waals surface area contributed by atoms with Crippen molar-refractivity contribution in [2.75, 3.05) is 70.6 Å². The second kappa shape index (κ2) is 10.2. The molecule has 7 nitrogen and oxygen atoms in total. The maximum absolute atomic E-state index is 12.3. The molecule has 0 spiro atoms. The minimum absolute atomic E-state index is 0.0698. The normalized spacial score (nSPS) is 14.8. The smallest absolute Gasteiger partial charge is 0.251 e. The Morgan fingerprint density at radius 3 is 2.52 bits per heavy atom. The number of nitrogens with zero attached hydrogens (tertiary/aromatic N) is 4. The molecule has 1 aliphatic heterocycles. The second-order valence-corrected chi connectivity index (χ2v) is 7.80. The molecule has 0 radical (unpaired) electrons. The number of rotatable bonds is 8. The third-order valence-corrected chi connectivity index (χ3v) is 5.10. The van der Waals surface area contributed by atoms with Gasteiger partial charge in [0.15, 0.2) is 0 Å². The molecule has 1 aromatic heterocycles. The average molecular weight is 397 g/mol. The molecule has 2 N–H and O–H groups in total. The number of amides is 1. The van der Waals surface area contributed by atoms with Crippen LogP contribution < -0.4 is 15.5 Å². The van der Waals surface area contributed by atoms with Crippen molar-refractivity contribution in [2.24, 2.45) is 0 Å². The summed E-state index contributed by atoms with van der Waals surface area (Å²) in [5, 5.41) is 6.26. The molecule has 1 saturated heterocycles. The van der Waals surface area contributed by atoms with Crippen LogP contribution in [-0.2, 0) is 0 Å². The van der Waals surface area contributed by atoms with E-state index in [1.54, 1.807) is 18.3 Å². The van der Waals surface area contributed by atoms with Crippen LogP contribution in [0.5, 0.6) is 0 Å². The largest absolute Gasteiger partial charge is 0.369 e. The molecular weight excluding hydrogens is 364 g/mol. The number of hydrogen-bond acceptors (Lipinski definition) is 6. The van der Waals surface area contributed by atoms with E-state index in [2.05, 4.69) is 61.6 Å². The molecule has 1 aliphatic rings. The highest BCUT2D eigenvalue weighted by atomic mass is 16.1. The molecule has 29 heavy (non-hydrogen) atoms. The van der Waals surface area contributed by atoms with E-state index < -0.39 is 0 Å². The molecule has 156 valence electrons. The lowest BCUT2D eigenvalue weighted by atomic mass is 10.2. The standard InChI is InChI=1S/C22H32N6O/c1-26(2)12-4-10-24-22(29)18-9-11-23-21(17-18)25-19-5-7-20(8-6-19)28-15-13-27(3)14-16-28/h5-9,11,17H,4,10,12-16H2,1-3H3,(H,23,25)(H,24,29). The number of anilines is 3. The summed E-state index contributed by atoms with van der Waals surface area (Å²) < 4.78 is 0. The molecule has 1 fully saturated rings. The summed E-state index contributed by atoms with van der Waals surface area (Å²) in [7, 11) is 6.22. The van der Waals surface area contributed by atoms with Crippen molar-refractivity contribution < 1.29 is 4.79 Å². The molecule has 1 aromatic carbocycles. The van der Waals surface area contributed by atoms with Crippen molar-refractivity contribution >= 4 is 23.1 Å². The third kappa shape index (κ3) is 6.44. The zero-order valence-electron chi connectivity index (χ0n) is 17.7. The van der Waals surface area contributed by atoms with Crippen LogP contribution in [0.2, 0.25) is 0 Å². The Labute approximate surface area is 173 Å². The minimum Gasteiger partial charge on any atom is -0.369 e.